The van der Waals surface area contributed by atoms with Gasteiger partial charge in [-0.1, -0.05) is 0 Å². The predicted molar refractivity (Wildman–Crippen MR) is 75.4 cm³/mol. The van der Waals surface area contributed by atoms with Gasteiger partial charge in [0.2, 0.25) is 0 Å². The van der Waals surface area contributed by atoms with Crippen LogP contribution in [0, 0.1) is 6.92 Å². The molecule has 2 rings (SSSR count). The molecular weight excluding hydrogens is 258 g/mol. The van der Waals surface area contributed by atoms with Gasteiger partial charge in [0.05, 0.1) is 31.8 Å². The lowest BCUT2D eigenvalue weighted by atomic mass is 10.2. The van der Waals surface area contributed by atoms with Gasteiger partial charge in [-0.05, 0) is 19.1 Å². The minimum atomic E-state index is -0.238. The summed E-state index contributed by atoms with van der Waals surface area (Å²) in [5.74, 6) is 0.896. The summed E-state index contributed by atoms with van der Waals surface area (Å²) in [6, 6.07) is 5.03. The van der Waals surface area contributed by atoms with Crippen LogP contribution < -0.4 is 14.8 Å². The lowest BCUT2D eigenvalue weighted by Gasteiger charge is -2.09. The van der Waals surface area contributed by atoms with E-state index >= 15 is 0 Å². The number of ether oxygens (including phenoxy) is 2. The second-order valence-electron chi connectivity index (χ2n) is 4.32. The Morgan fingerprint density at radius 1 is 1.20 bits per heavy atom. The zero-order valence-electron chi connectivity index (χ0n) is 11.9. The first-order valence-electron chi connectivity index (χ1n) is 6.08. The Bertz CT molecular complexity index is 612. The first kappa shape index (κ1) is 13.9. The summed E-state index contributed by atoms with van der Waals surface area (Å²) in [6.45, 7) is 1.88. The molecule has 6 nitrogen and oxygen atoms in total. The molecule has 1 aromatic carbocycles. The van der Waals surface area contributed by atoms with E-state index in [1.165, 1.54) is 0 Å². The molecular formula is C14H17N3O3. The molecule has 0 unspecified atom stereocenters. The maximum Gasteiger partial charge on any atom is 0.256 e. The van der Waals surface area contributed by atoms with Crippen LogP contribution in [0.1, 0.15) is 16.1 Å². The van der Waals surface area contributed by atoms with Crippen molar-refractivity contribution in [2.75, 3.05) is 19.5 Å². The van der Waals surface area contributed by atoms with Gasteiger partial charge in [-0.2, -0.15) is 5.10 Å². The van der Waals surface area contributed by atoms with E-state index in [4.69, 9.17) is 9.47 Å². The molecule has 0 aliphatic rings. The van der Waals surface area contributed by atoms with Gasteiger partial charge >= 0.3 is 0 Å². The van der Waals surface area contributed by atoms with E-state index in [1.807, 2.05) is 14.0 Å². The van der Waals surface area contributed by atoms with Crippen molar-refractivity contribution in [1.29, 1.82) is 0 Å². The van der Waals surface area contributed by atoms with Crippen molar-refractivity contribution in [3.63, 3.8) is 0 Å². The highest BCUT2D eigenvalue weighted by Gasteiger charge is 2.12. The number of amides is 1. The standard InChI is InChI=1S/C14H17N3O3/c1-9-13(8-15-17(9)2)16-14(18)10-5-11(19-3)7-12(6-10)20-4/h5-8H,1-4H3,(H,16,18). The first-order chi connectivity index (χ1) is 9.55. The van der Waals surface area contributed by atoms with Crippen molar-refractivity contribution in [1.82, 2.24) is 9.78 Å². The molecule has 0 aliphatic carbocycles. The minimum Gasteiger partial charge on any atom is -0.497 e. The van der Waals surface area contributed by atoms with Crippen molar-refractivity contribution in [3.05, 3.63) is 35.7 Å². The summed E-state index contributed by atoms with van der Waals surface area (Å²) in [7, 11) is 4.91. The molecule has 0 atom stereocenters. The van der Waals surface area contributed by atoms with E-state index in [0.717, 1.165) is 5.69 Å². The van der Waals surface area contributed by atoms with Crippen molar-refractivity contribution >= 4 is 11.6 Å². The number of carbonyl (C=O) groups excluding carboxylic acids is 1. The molecule has 0 saturated heterocycles. The lowest BCUT2D eigenvalue weighted by molar-refractivity contribution is 0.102. The van der Waals surface area contributed by atoms with Crippen LogP contribution in [0.5, 0.6) is 11.5 Å². The fourth-order valence-electron chi connectivity index (χ4n) is 1.75. The first-order valence-corrected chi connectivity index (χ1v) is 6.08. The van der Waals surface area contributed by atoms with Crippen LogP contribution in [0.4, 0.5) is 5.69 Å². The molecule has 1 heterocycles. The number of aromatic nitrogens is 2. The zero-order chi connectivity index (χ0) is 14.7. The topological polar surface area (TPSA) is 65.4 Å². The number of hydrogen-bond acceptors (Lipinski definition) is 4. The van der Waals surface area contributed by atoms with Gasteiger partial charge in [-0.25, -0.2) is 0 Å². The molecule has 0 aliphatic heterocycles. The summed E-state index contributed by atoms with van der Waals surface area (Å²) >= 11 is 0. The van der Waals surface area contributed by atoms with Crippen LogP contribution in [-0.2, 0) is 7.05 Å². The van der Waals surface area contributed by atoms with Crippen molar-refractivity contribution < 1.29 is 14.3 Å². The van der Waals surface area contributed by atoms with Crippen molar-refractivity contribution in [2.45, 2.75) is 6.92 Å². The van der Waals surface area contributed by atoms with Gasteiger partial charge in [-0.3, -0.25) is 9.48 Å². The Hall–Kier alpha value is -2.50. The minimum absolute atomic E-state index is 0.238. The summed E-state index contributed by atoms with van der Waals surface area (Å²) in [5.41, 5.74) is 2.02. The average molecular weight is 275 g/mol. The van der Waals surface area contributed by atoms with E-state index < -0.39 is 0 Å². The highest BCUT2D eigenvalue weighted by Crippen LogP contribution is 2.23. The summed E-state index contributed by atoms with van der Waals surface area (Å²) in [6.07, 6.45) is 1.62. The molecule has 1 amide bonds. The number of hydrogen-bond donors (Lipinski definition) is 1. The summed E-state index contributed by atoms with van der Waals surface area (Å²) in [5, 5.41) is 6.90. The van der Waals surface area contributed by atoms with Crippen LogP contribution in [-0.4, -0.2) is 29.9 Å². The van der Waals surface area contributed by atoms with Crippen LogP contribution in [0.25, 0.3) is 0 Å². The van der Waals surface area contributed by atoms with E-state index in [-0.39, 0.29) is 5.91 Å². The normalized spacial score (nSPS) is 10.2. The molecule has 1 aromatic heterocycles. The Labute approximate surface area is 117 Å². The van der Waals surface area contributed by atoms with Crippen LogP contribution >= 0.6 is 0 Å². The molecule has 0 radical (unpaired) electrons. The number of methoxy groups -OCH3 is 2. The largest absolute Gasteiger partial charge is 0.497 e. The highest BCUT2D eigenvalue weighted by molar-refractivity contribution is 6.05. The Morgan fingerprint density at radius 3 is 2.25 bits per heavy atom. The van der Waals surface area contributed by atoms with Crippen molar-refractivity contribution in [2.24, 2.45) is 7.05 Å². The maximum absolute atomic E-state index is 12.3. The molecule has 0 fully saturated rings. The molecule has 6 heteroatoms. The van der Waals surface area contributed by atoms with Crippen LogP contribution in [0.15, 0.2) is 24.4 Å². The van der Waals surface area contributed by atoms with E-state index in [2.05, 4.69) is 10.4 Å². The van der Waals surface area contributed by atoms with Gasteiger partial charge < -0.3 is 14.8 Å². The number of rotatable bonds is 4. The Kier molecular flexibility index (Phi) is 3.93. The lowest BCUT2D eigenvalue weighted by Crippen LogP contribution is -2.12. The van der Waals surface area contributed by atoms with Gasteiger partial charge in [0.1, 0.15) is 11.5 Å². The Balaban J connectivity index is 2.27. The highest BCUT2D eigenvalue weighted by atomic mass is 16.5. The number of benzene rings is 1. The quantitative estimate of drug-likeness (QED) is 0.926. The van der Waals surface area contributed by atoms with Crippen LogP contribution in [0.2, 0.25) is 0 Å². The van der Waals surface area contributed by atoms with Crippen molar-refractivity contribution in [3.8, 4) is 11.5 Å². The molecule has 0 bridgehead atoms. The second-order valence-corrected chi connectivity index (χ2v) is 4.32. The molecule has 106 valence electrons. The monoisotopic (exact) mass is 275 g/mol. The number of anilines is 1. The van der Waals surface area contributed by atoms with E-state index in [9.17, 15) is 4.79 Å². The SMILES string of the molecule is COc1cc(OC)cc(C(=O)Nc2cnn(C)c2C)c1. The molecule has 1 N–H and O–H groups in total. The second kappa shape index (κ2) is 5.64. The third kappa shape index (κ3) is 2.74. The van der Waals surface area contributed by atoms with E-state index in [0.29, 0.717) is 22.7 Å². The van der Waals surface area contributed by atoms with E-state index in [1.54, 1.807) is 43.3 Å². The molecule has 0 spiro atoms. The predicted octanol–water partition coefficient (Wildman–Crippen LogP) is 2.00. The van der Waals surface area contributed by atoms with Gasteiger partial charge in [0.15, 0.2) is 0 Å². The number of nitrogens with zero attached hydrogens (tertiary/aromatic N) is 2. The zero-order valence-corrected chi connectivity index (χ0v) is 11.9. The molecule has 20 heavy (non-hydrogen) atoms. The average Bonchev–Trinajstić information content (AvgIpc) is 2.78. The summed E-state index contributed by atoms with van der Waals surface area (Å²) in [4.78, 5) is 12.3. The number of nitrogens with one attached hydrogen (secondary N) is 1. The molecule has 0 saturated carbocycles. The molecule has 2 aromatic rings. The summed E-state index contributed by atoms with van der Waals surface area (Å²) < 4.78 is 12.0. The smallest absolute Gasteiger partial charge is 0.256 e. The fourth-order valence-corrected chi connectivity index (χ4v) is 1.75. The van der Waals surface area contributed by atoms with Gasteiger partial charge in [-0.15, -0.1) is 0 Å². The van der Waals surface area contributed by atoms with Gasteiger partial charge in [0, 0.05) is 18.7 Å². The maximum atomic E-state index is 12.3. The third-order valence-corrected chi connectivity index (χ3v) is 3.10. The number of carbonyl (C=O) groups is 1. The fraction of sp³-hybridized carbons (Fsp3) is 0.286. The number of aryl methyl sites for hydroxylation is 1. The Morgan fingerprint density at radius 2 is 1.80 bits per heavy atom. The van der Waals surface area contributed by atoms with Gasteiger partial charge in [0.25, 0.3) is 5.91 Å². The van der Waals surface area contributed by atoms with Crippen LogP contribution in [0.3, 0.4) is 0 Å². The third-order valence-electron chi connectivity index (χ3n) is 3.10.